The highest BCUT2D eigenvalue weighted by Gasteiger charge is 2.09. The van der Waals surface area contributed by atoms with Gasteiger partial charge >= 0.3 is 0 Å². The number of nitrogens with one attached hydrogen (secondary N) is 2. The molecule has 0 spiro atoms. The number of hydrogen-bond acceptors (Lipinski definition) is 3. The monoisotopic (exact) mass is 355 g/mol. The van der Waals surface area contributed by atoms with Gasteiger partial charge in [0.1, 0.15) is 5.75 Å². The lowest BCUT2D eigenvalue weighted by Gasteiger charge is -2.15. The van der Waals surface area contributed by atoms with Crippen molar-refractivity contribution in [3.05, 3.63) is 65.7 Å². The highest BCUT2D eigenvalue weighted by molar-refractivity contribution is 6.08. The molecule has 2 aromatic carbocycles. The molecule has 0 saturated carbocycles. The second-order valence-corrected chi connectivity index (χ2v) is 6.07. The number of ether oxygens (including phenoxy) is 1. The molecule has 138 valence electrons. The molecule has 0 aromatic heterocycles. The van der Waals surface area contributed by atoms with Crippen LogP contribution in [0.25, 0.3) is 0 Å². The van der Waals surface area contributed by atoms with Crippen LogP contribution in [0.3, 0.4) is 0 Å². The average molecular weight is 355 g/mol. The molecule has 2 aromatic rings. The van der Waals surface area contributed by atoms with Crippen molar-refractivity contribution < 1.29 is 19.2 Å². The van der Waals surface area contributed by atoms with Crippen LogP contribution in [0.15, 0.2) is 54.6 Å². The third kappa shape index (κ3) is 6.01. The predicted octanol–water partition coefficient (Wildman–Crippen LogP) is 1.34. The Labute approximate surface area is 155 Å². The van der Waals surface area contributed by atoms with Crippen molar-refractivity contribution in [1.82, 2.24) is 5.32 Å². The minimum atomic E-state index is -0.138. The van der Waals surface area contributed by atoms with Gasteiger partial charge < -0.3 is 15.0 Å². The lowest BCUT2D eigenvalue weighted by molar-refractivity contribution is -0.895. The molecule has 2 rings (SSSR count). The molecule has 2 N–H and O–H groups in total. The number of carbonyl (C=O) groups is 2. The summed E-state index contributed by atoms with van der Waals surface area (Å²) in [6.07, 6.45) is 0. The fraction of sp³-hybridized carbons (Fsp3) is 0.333. The van der Waals surface area contributed by atoms with Gasteiger partial charge in [-0.1, -0.05) is 30.3 Å². The van der Waals surface area contributed by atoms with E-state index in [0.29, 0.717) is 23.4 Å². The smallest absolute Gasteiger partial charge is 0.258 e. The van der Waals surface area contributed by atoms with E-state index in [4.69, 9.17) is 4.74 Å². The largest absolute Gasteiger partial charge is 0.484 e. The number of likely N-dealkylation sites (N-methyl/N-ethyl adjacent to an activating group) is 1. The van der Waals surface area contributed by atoms with Crippen molar-refractivity contribution in [1.29, 1.82) is 0 Å². The molecule has 5 nitrogen and oxygen atoms in total. The van der Waals surface area contributed by atoms with Crippen LogP contribution < -0.4 is 15.0 Å². The fourth-order valence-electron chi connectivity index (χ4n) is 2.64. The van der Waals surface area contributed by atoms with Crippen molar-refractivity contribution >= 4 is 11.7 Å². The first-order valence-corrected chi connectivity index (χ1v) is 9.07. The summed E-state index contributed by atoms with van der Waals surface area (Å²) in [4.78, 5) is 25.6. The van der Waals surface area contributed by atoms with Crippen LogP contribution in [-0.2, 0) is 4.79 Å². The summed E-state index contributed by atoms with van der Waals surface area (Å²) in [5.41, 5.74) is 1.24. The van der Waals surface area contributed by atoms with Gasteiger partial charge in [-0.25, -0.2) is 0 Å². The highest BCUT2D eigenvalue weighted by Crippen LogP contribution is 2.15. The number of hydrogen-bond donors (Lipinski definition) is 2. The van der Waals surface area contributed by atoms with E-state index in [2.05, 4.69) is 19.2 Å². The number of quaternary nitrogens is 1. The molecule has 0 unspecified atom stereocenters. The number of carbonyl (C=O) groups excluding carboxylic acids is 2. The first-order chi connectivity index (χ1) is 12.6. The van der Waals surface area contributed by atoms with Crippen molar-refractivity contribution in [2.45, 2.75) is 13.8 Å². The normalized spacial score (nSPS) is 10.6. The second-order valence-electron chi connectivity index (χ2n) is 6.07. The topological polar surface area (TPSA) is 59.8 Å². The average Bonchev–Trinajstić information content (AvgIpc) is 2.70. The Kier molecular flexibility index (Phi) is 7.83. The van der Waals surface area contributed by atoms with E-state index in [9.17, 15) is 9.59 Å². The van der Waals surface area contributed by atoms with Crippen molar-refractivity contribution in [3.8, 4) is 5.75 Å². The molecule has 0 heterocycles. The van der Waals surface area contributed by atoms with E-state index in [1.165, 1.54) is 4.90 Å². The maximum atomic E-state index is 12.3. The van der Waals surface area contributed by atoms with E-state index in [1.807, 2.05) is 18.2 Å². The van der Waals surface area contributed by atoms with E-state index in [0.717, 1.165) is 19.6 Å². The van der Waals surface area contributed by atoms with E-state index in [1.54, 1.807) is 36.4 Å². The van der Waals surface area contributed by atoms with Gasteiger partial charge in [-0.3, -0.25) is 9.59 Å². The van der Waals surface area contributed by atoms with E-state index < -0.39 is 0 Å². The van der Waals surface area contributed by atoms with Gasteiger partial charge in [0.2, 0.25) is 0 Å². The van der Waals surface area contributed by atoms with Crippen molar-refractivity contribution in [2.24, 2.45) is 0 Å². The molecule has 0 saturated heterocycles. The Morgan fingerprint density at radius 1 is 0.923 bits per heavy atom. The zero-order valence-corrected chi connectivity index (χ0v) is 15.5. The molecule has 0 radical (unpaired) electrons. The van der Waals surface area contributed by atoms with Crippen molar-refractivity contribution in [2.75, 3.05) is 32.8 Å². The van der Waals surface area contributed by atoms with Crippen LogP contribution in [0.4, 0.5) is 0 Å². The number of benzene rings is 2. The summed E-state index contributed by atoms with van der Waals surface area (Å²) in [6.45, 7) is 7.90. The summed E-state index contributed by atoms with van der Waals surface area (Å²) in [6, 6.07) is 16.0. The molecule has 0 bridgehead atoms. The Morgan fingerprint density at radius 3 is 2.15 bits per heavy atom. The molecule has 0 fully saturated rings. The Morgan fingerprint density at radius 2 is 1.54 bits per heavy atom. The third-order valence-corrected chi connectivity index (χ3v) is 4.32. The first kappa shape index (κ1) is 19.7. The second kappa shape index (κ2) is 10.4. The van der Waals surface area contributed by atoms with Gasteiger partial charge in [0, 0.05) is 11.1 Å². The van der Waals surface area contributed by atoms with Crippen LogP contribution in [0.2, 0.25) is 0 Å². The van der Waals surface area contributed by atoms with E-state index in [-0.39, 0.29) is 18.3 Å². The molecule has 5 heteroatoms. The highest BCUT2D eigenvalue weighted by atomic mass is 16.5. The first-order valence-electron chi connectivity index (χ1n) is 9.07. The quantitative estimate of drug-likeness (QED) is 0.632. The molecule has 0 atom stereocenters. The summed E-state index contributed by atoms with van der Waals surface area (Å²) in [5.74, 6) is 0.397. The van der Waals surface area contributed by atoms with Gasteiger partial charge in [0.05, 0.1) is 26.2 Å². The third-order valence-electron chi connectivity index (χ3n) is 4.32. The minimum absolute atomic E-state index is 0.0282. The standard InChI is InChI=1S/C21H26N2O3/c1-3-23(4-2)15-14-22-20(24)16-26-19-12-10-18(11-13-19)21(25)17-8-6-5-7-9-17/h5-13H,3-4,14-16H2,1-2H3,(H,22,24)/p+1. The van der Waals surface area contributed by atoms with Gasteiger partial charge in [0.15, 0.2) is 12.4 Å². The molecular formula is C21H27N2O3+. The molecule has 0 aliphatic heterocycles. The summed E-state index contributed by atoms with van der Waals surface area (Å²) in [7, 11) is 0. The van der Waals surface area contributed by atoms with Crippen LogP contribution in [0.5, 0.6) is 5.75 Å². The Bertz CT molecular complexity index is 695. The van der Waals surface area contributed by atoms with Gasteiger partial charge in [-0.15, -0.1) is 0 Å². The minimum Gasteiger partial charge on any atom is -0.484 e. The molecule has 1 amide bonds. The predicted molar refractivity (Wildman–Crippen MR) is 102 cm³/mol. The summed E-state index contributed by atoms with van der Waals surface area (Å²) >= 11 is 0. The zero-order chi connectivity index (χ0) is 18.8. The summed E-state index contributed by atoms with van der Waals surface area (Å²) < 4.78 is 5.49. The summed E-state index contributed by atoms with van der Waals surface area (Å²) in [5, 5.41) is 2.86. The lowest BCUT2D eigenvalue weighted by atomic mass is 10.0. The number of rotatable bonds is 10. The Hall–Kier alpha value is -2.66. The maximum absolute atomic E-state index is 12.3. The molecule has 26 heavy (non-hydrogen) atoms. The lowest BCUT2D eigenvalue weighted by Crippen LogP contribution is -3.12. The SMILES string of the molecule is CC[NH+](CC)CCNC(=O)COc1ccc(C(=O)c2ccccc2)cc1. The molecule has 0 aliphatic carbocycles. The van der Waals surface area contributed by atoms with E-state index >= 15 is 0 Å². The molecular weight excluding hydrogens is 328 g/mol. The number of ketones is 1. The fourth-order valence-corrected chi connectivity index (χ4v) is 2.64. The number of amides is 1. The van der Waals surface area contributed by atoms with Gasteiger partial charge in [0.25, 0.3) is 5.91 Å². The van der Waals surface area contributed by atoms with Crippen LogP contribution >= 0.6 is 0 Å². The van der Waals surface area contributed by atoms with Gasteiger partial charge in [-0.05, 0) is 38.1 Å². The van der Waals surface area contributed by atoms with Gasteiger partial charge in [-0.2, -0.15) is 0 Å². The van der Waals surface area contributed by atoms with Crippen LogP contribution in [0.1, 0.15) is 29.8 Å². The van der Waals surface area contributed by atoms with Crippen LogP contribution in [-0.4, -0.2) is 44.5 Å². The zero-order valence-electron chi connectivity index (χ0n) is 15.5. The van der Waals surface area contributed by atoms with Crippen LogP contribution in [0, 0.1) is 0 Å². The Balaban J connectivity index is 1.78. The maximum Gasteiger partial charge on any atom is 0.258 e. The van der Waals surface area contributed by atoms with Crippen molar-refractivity contribution in [3.63, 3.8) is 0 Å². The molecule has 0 aliphatic rings.